The first kappa shape index (κ1) is 16.7. The minimum Gasteiger partial charge on any atom is -0.251 e. The summed E-state index contributed by atoms with van der Waals surface area (Å²) in [4.78, 5) is -1.03. The van der Waals surface area contributed by atoms with Gasteiger partial charge in [-0.3, -0.25) is 5.01 Å². The van der Waals surface area contributed by atoms with Gasteiger partial charge in [0.15, 0.2) is 0 Å². The third-order valence-corrected chi connectivity index (χ3v) is 3.37. The highest BCUT2D eigenvalue weighted by atomic mass is 35.5. The molecule has 0 N–H and O–H groups in total. The summed E-state index contributed by atoms with van der Waals surface area (Å²) in [5.74, 6) is -1.11. The van der Waals surface area contributed by atoms with E-state index in [0.29, 0.717) is 10.8 Å². The molecule has 1 heterocycles. The molecule has 1 aliphatic heterocycles. The van der Waals surface area contributed by atoms with Gasteiger partial charge in [-0.1, -0.05) is 31.4 Å². The molecular formula is C11H18Cl2F3N3. The Morgan fingerprint density at radius 2 is 1.84 bits per heavy atom. The van der Waals surface area contributed by atoms with Gasteiger partial charge in [-0.2, -0.15) is 13.2 Å². The third kappa shape index (κ3) is 4.05. The van der Waals surface area contributed by atoms with Gasteiger partial charge in [-0.25, -0.2) is 4.42 Å². The maximum Gasteiger partial charge on any atom is 0.452 e. The van der Waals surface area contributed by atoms with E-state index in [1.54, 1.807) is 13.8 Å². The molecule has 0 bridgehead atoms. The van der Waals surface area contributed by atoms with Crippen LogP contribution in [0.5, 0.6) is 0 Å². The van der Waals surface area contributed by atoms with Crippen molar-refractivity contribution in [2.45, 2.75) is 63.8 Å². The lowest BCUT2D eigenvalue weighted by atomic mass is 10.1. The summed E-state index contributed by atoms with van der Waals surface area (Å²) in [7, 11) is 0. The second-order valence-electron chi connectivity index (χ2n) is 4.96. The van der Waals surface area contributed by atoms with Crippen molar-refractivity contribution in [1.82, 2.24) is 9.43 Å². The number of unbranched alkanes of at least 4 members (excludes halogenated alkanes) is 2. The van der Waals surface area contributed by atoms with Crippen LogP contribution in [-0.2, 0) is 0 Å². The Morgan fingerprint density at radius 1 is 1.26 bits per heavy atom. The molecule has 1 aliphatic rings. The topological polar surface area (TPSA) is 18.8 Å². The van der Waals surface area contributed by atoms with E-state index in [9.17, 15) is 13.2 Å². The molecule has 19 heavy (non-hydrogen) atoms. The lowest BCUT2D eigenvalue weighted by Gasteiger charge is -2.34. The van der Waals surface area contributed by atoms with Crippen molar-refractivity contribution in [1.29, 1.82) is 0 Å². The van der Waals surface area contributed by atoms with Gasteiger partial charge in [0, 0.05) is 11.8 Å². The Bertz CT molecular complexity index is 339. The van der Waals surface area contributed by atoms with Gasteiger partial charge in [-0.15, -0.1) is 5.10 Å². The highest BCUT2D eigenvalue weighted by Crippen LogP contribution is 2.37. The van der Waals surface area contributed by atoms with Crippen molar-refractivity contribution in [3.05, 3.63) is 0 Å². The van der Waals surface area contributed by atoms with E-state index in [-0.39, 0.29) is 0 Å². The highest BCUT2D eigenvalue weighted by Gasteiger charge is 2.50. The fraction of sp³-hybridized carbons (Fsp3) is 0.909. The number of amidine groups is 1. The summed E-state index contributed by atoms with van der Waals surface area (Å²) in [5, 5.41) is 4.78. The van der Waals surface area contributed by atoms with Crippen molar-refractivity contribution >= 4 is 29.2 Å². The number of alkyl halides is 4. The average Bonchev–Trinajstić information content (AvgIpc) is 2.56. The molecule has 0 radical (unpaired) electrons. The van der Waals surface area contributed by atoms with Crippen molar-refractivity contribution in [2.24, 2.45) is 5.10 Å². The highest BCUT2D eigenvalue weighted by molar-refractivity contribution is 6.25. The Morgan fingerprint density at radius 3 is 2.26 bits per heavy atom. The molecule has 0 aromatic heterocycles. The van der Waals surface area contributed by atoms with Gasteiger partial charge >= 0.3 is 6.18 Å². The zero-order chi connectivity index (χ0) is 14.8. The first-order valence-electron chi connectivity index (χ1n) is 6.18. The van der Waals surface area contributed by atoms with E-state index in [2.05, 4.69) is 5.10 Å². The number of nitrogens with zero attached hydrogens (tertiary/aromatic N) is 3. The second kappa shape index (κ2) is 5.95. The Hall–Kier alpha value is -0.360. The van der Waals surface area contributed by atoms with Crippen molar-refractivity contribution in [2.75, 3.05) is 0 Å². The fourth-order valence-electron chi connectivity index (χ4n) is 1.91. The van der Waals surface area contributed by atoms with Crippen molar-refractivity contribution in [3.8, 4) is 0 Å². The SMILES string of the molecule is CCCCCC1N(Cl)C(C(F)(F)F)=NN1C(C)(C)Cl. The molecule has 0 aromatic rings. The largest absolute Gasteiger partial charge is 0.452 e. The van der Waals surface area contributed by atoms with Gasteiger partial charge < -0.3 is 0 Å². The van der Waals surface area contributed by atoms with Crippen LogP contribution in [0, 0.1) is 0 Å². The average molecular weight is 320 g/mol. The zero-order valence-electron chi connectivity index (χ0n) is 11.1. The van der Waals surface area contributed by atoms with Crippen LogP contribution >= 0.6 is 23.4 Å². The van der Waals surface area contributed by atoms with E-state index in [1.807, 2.05) is 6.92 Å². The monoisotopic (exact) mass is 319 g/mol. The minimum absolute atomic E-state index is 0.483. The summed E-state index contributed by atoms with van der Waals surface area (Å²) >= 11 is 11.9. The van der Waals surface area contributed by atoms with Gasteiger partial charge in [0.25, 0.3) is 0 Å². The van der Waals surface area contributed by atoms with Crippen LogP contribution in [0.25, 0.3) is 0 Å². The van der Waals surface area contributed by atoms with Gasteiger partial charge in [0.2, 0.25) is 5.84 Å². The molecular weight excluding hydrogens is 302 g/mol. The lowest BCUT2D eigenvalue weighted by molar-refractivity contribution is -0.0651. The Kier molecular flexibility index (Phi) is 5.23. The predicted octanol–water partition coefficient (Wildman–Crippen LogP) is 4.51. The molecule has 1 unspecified atom stereocenters. The third-order valence-electron chi connectivity index (χ3n) is 2.81. The van der Waals surface area contributed by atoms with Crippen LogP contribution in [0.2, 0.25) is 0 Å². The van der Waals surface area contributed by atoms with Gasteiger partial charge in [0.1, 0.15) is 11.2 Å². The van der Waals surface area contributed by atoms with Crippen LogP contribution in [0.1, 0.15) is 46.5 Å². The summed E-state index contributed by atoms with van der Waals surface area (Å²) in [6, 6.07) is 0. The standard InChI is InChI=1S/C11H18Cl2F3N3/c1-4-5-6-7-8-18(13)9(11(14,15)16)17-19(8)10(2,3)12/h8H,4-7H2,1-3H3. The second-order valence-corrected chi connectivity index (χ2v) is 6.25. The first-order valence-corrected chi connectivity index (χ1v) is 6.89. The summed E-state index contributed by atoms with van der Waals surface area (Å²) in [5.41, 5.74) is 0. The van der Waals surface area contributed by atoms with E-state index >= 15 is 0 Å². The fourth-order valence-corrected chi connectivity index (χ4v) is 2.37. The Labute approximate surface area is 121 Å². The maximum absolute atomic E-state index is 12.8. The molecule has 3 nitrogen and oxygen atoms in total. The van der Waals surface area contributed by atoms with Crippen LogP contribution in [-0.4, -0.2) is 32.6 Å². The van der Waals surface area contributed by atoms with E-state index in [4.69, 9.17) is 23.4 Å². The zero-order valence-corrected chi connectivity index (χ0v) is 12.6. The number of hydrogen-bond donors (Lipinski definition) is 0. The summed E-state index contributed by atoms with van der Waals surface area (Å²) < 4.78 is 39.1. The van der Waals surface area contributed by atoms with E-state index in [0.717, 1.165) is 19.3 Å². The molecule has 0 fully saturated rings. The molecule has 1 rings (SSSR count). The summed E-state index contributed by atoms with van der Waals surface area (Å²) in [6.07, 6.45) is -2.09. The van der Waals surface area contributed by atoms with Crippen molar-refractivity contribution in [3.63, 3.8) is 0 Å². The van der Waals surface area contributed by atoms with Gasteiger partial charge in [-0.05, 0) is 26.7 Å². The molecule has 112 valence electrons. The minimum atomic E-state index is -4.58. The molecule has 0 saturated carbocycles. The Balaban J connectivity index is 2.91. The van der Waals surface area contributed by atoms with Crippen molar-refractivity contribution < 1.29 is 13.2 Å². The number of halogens is 5. The van der Waals surface area contributed by atoms with Crippen LogP contribution < -0.4 is 0 Å². The lowest BCUT2D eigenvalue weighted by Crippen LogP contribution is -2.45. The normalized spacial score (nSPS) is 21.1. The smallest absolute Gasteiger partial charge is 0.251 e. The molecule has 0 amide bonds. The van der Waals surface area contributed by atoms with E-state index < -0.39 is 23.2 Å². The number of hydrazone groups is 1. The first-order chi connectivity index (χ1) is 8.59. The molecule has 0 spiro atoms. The number of hydrogen-bond acceptors (Lipinski definition) is 3. The van der Waals surface area contributed by atoms with Gasteiger partial charge in [0.05, 0.1) is 0 Å². The van der Waals surface area contributed by atoms with Crippen LogP contribution in [0.3, 0.4) is 0 Å². The van der Waals surface area contributed by atoms with E-state index in [1.165, 1.54) is 5.01 Å². The molecule has 0 aromatic carbocycles. The molecule has 0 saturated heterocycles. The maximum atomic E-state index is 12.8. The van der Waals surface area contributed by atoms with Crippen LogP contribution in [0.15, 0.2) is 5.10 Å². The molecule has 8 heteroatoms. The molecule has 1 atom stereocenters. The predicted molar refractivity (Wildman–Crippen MR) is 70.9 cm³/mol. The van der Waals surface area contributed by atoms with Crippen LogP contribution in [0.4, 0.5) is 13.2 Å². The molecule has 0 aliphatic carbocycles. The quantitative estimate of drug-likeness (QED) is 0.321. The number of rotatable bonds is 5. The summed E-state index contributed by atoms with van der Waals surface area (Å²) in [6.45, 7) is 5.21.